The molecule has 1 saturated heterocycles. The monoisotopic (exact) mass is 303 g/mol. The van der Waals surface area contributed by atoms with E-state index in [1.165, 1.54) is 22.4 Å². The summed E-state index contributed by atoms with van der Waals surface area (Å²) in [7, 11) is 0. The van der Waals surface area contributed by atoms with Crippen molar-refractivity contribution in [2.45, 2.75) is 37.8 Å². The van der Waals surface area contributed by atoms with Gasteiger partial charge in [-0.1, -0.05) is 23.5 Å². The van der Waals surface area contributed by atoms with E-state index in [4.69, 9.17) is 5.73 Å². The molecule has 0 amide bonds. The Morgan fingerprint density at radius 1 is 1.19 bits per heavy atom. The van der Waals surface area contributed by atoms with Crippen LogP contribution in [0.25, 0.3) is 10.2 Å². The molecule has 0 spiro atoms. The van der Waals surface area contributed by atoms with Crippen LogP contribution in [0.3, 0.4) is 0 Å². The highest BCUT2D eigenvalue weighted by atomic mass is 32.1. The van der Waals surface area contributed by atoms with Gasteiger partial charge in [0.2, 0.25) is 0 Å². The second-order valence-electron chi connectivity index (χ2n) is 6.34. The van der Waals surface area contributed by atoms with Crippen LogP contribution in [0.1, 0.15) is 30.7 Å². The number of hydrogen-bond donors (Lipinski definition) is 1. The summed E-state index contributed by atoms with van der Waals surface area (Å²) in [4.78, 5) is 14.8. The summed E-state index contributed by atoms with van der Waals surface area (Å²) in [6.45, 7) is 4.21. The number of para-hydroxylation sites is 1. The Kier molecular flexibility index (Phi) is 3.36. The molecule has 1 aromatic carbocycles. The Morgan fingerprint density at radius 3 is 2.81 bits per heavy atom. The minimum Gasteiger partial charge on any atom is -0.328 e. The number of likely N-dealkylation sites (tertiary alicyclic amines) is 1. The van der Waals surface area contributed by atoms with Crippen LogP contribution in [0.5, 0.6) is 0 Å². The molecule has 2 aliphatic heterocycles. The third-order valence-electron chi connectivity index (χ3n) is 4.97. The average Bonchev–Trinajstić information content (AvgIpc) is 2.82. The summed E-state index contributed by atoms with van der Waals surface area (Å²) >= 11 is 1.38. The second kappa shape index (κ2) is 5.23. The molecule has 1 fully saturated rings. The molecule has 0 aliphatic carbocycles. The van der Waals surface area contributed by atoms with Gasteiger partial charge >= 0.3 is 4.87 Å². The molecular weight excluding hydrogens is 282 g/mol. The summed E-state index contributed by atoms with van der Waals surface area (Å²) < 4.78 is 3.11. The predicted octanol–water partition coefficient (Wildman–Crippen LogP) is 1.97. The fraction of sp³-hybridized carbons (Fsp3) is 0.562. The molecule has 0 saturated carbocycles. The SMILES string of the molecule is NC1CCN(CC2CCn3c(=O)sc4cccc2c43)CC1. The number of benzene rings is 1. The lowest BCUT2D eigenvalue weighted by Crippen LogP contribution is -2.42. The van der Waals surface area contributed by atoms with E-state index in [0.717, 1.165) is 50.1 Å². The predicted molar refractivity (Wildman–Crippen MR) is 87.1 cm³/mol. The zero-order valence-corrected chi connectivity index (χ0v) is 12.9. The summed E-state index contributed by atoms with van der Waals surface area (Å²) in [5.74, 6) is 0.553. The number of nitrogens with zero attached hydrogens (tertiary/aromatic N) is 2. The van der Waals surface area contributed by atoms with E-state index in [1.54, 1.807) is 0 Å². The van der Waals surface area contributed by atoms with E-state index in [9.17, 15) is 4.79 Å². The lowest BCUT2D eigenvalue weighted by atomic mass is 9.90. The van der Waals surface area contributed by atoms with Gasteiger partial charge in [-0.15, -0.1) is 0 Å². The Bertz CT molecular complexity index is 712. The van der Waals surface area contributed by atoms with Gasteiger partial charge in [-0.3, -0.25) is 9.36 Å². The molecule has 2 aliphatic rings. The van der Waals surface area contributed by atoms with Crippen molar-refractivity contribution < 1.29 is 0 Å². The molecule has 21 heavy (non-hydrogen) atoms. The standard InChI is InChI=1S/C16H21N3OS/c17-12-5-7-18(8-6-12)10-11-4-9-19-15-13(11)2-1-3-14(15)21-16(19)20/h1-3,11-12H,4-10,17H2. The molecule has 1 atom stereocenters. The fourth-order valence-corrected chi connectivity index (χ4v) is 4.71. The van der Waals surface area contributed by atoms with Crippen LogP contribution < -0.4 is 10.6 Å². The van der Waals surface area contributed by atoms with Crippen LogP contribution in [-0.2, 0) is 6.54 Å². The minimum atomic E-state index is 0.194. The van der Waals surface area contributed by atoms with Crippen molar-refractivity contribution in [3.63, 3.8) is 0 Å². The smallest absolute Gasteiger partial charge is 0.308 e. The van der Waals surface area contributed by atoms with Gasteiger partial charge in [0.15, 0.2) is 0 Å². The van der Waals surface area contributed by atoms with Gasteiger partial charge in [0, 0.05) is 25.0 Å². The van der Waals surface area contributed by atoms with Crippen LogP contribution in [0, 0.1) is 0 Å². The summed E-state index contributed by atoms with van der Waals surface area (Å²) in [5, 5.41) is 0. The van der Waals surface area contributed by atoms with Crippen molar-refractivity contribution in [3.05, 3.63) is 33.4 Å². The number of hydrogen-bond acceptors (Lipinski definition) is 4. The second-order valence-corrected chi connectivity index (χ2v) is 7.33. The van der Waals surface area contributed by atoms with Crippen LogP contribution in [0.15, 0.2) is 23.0 Å². The molecular formula is C16H21N3OS. The van der Waals surface area contributed by atoms with Gasteiger partial charge in [-0.05, 0) is 44.0 Å². The first kappa shape index (κ1) is 13.5. The summed E-state index contributed by atoms with van der Waals surface area (Å²) in [5.41, 5.74) is 8.55. The van der Waals surface area contributed by atoms with E-state index < -0.39 is 0 Å². The summed E-state index contributed by atoms with van der Waals surface area (Å²) in [6.07, 6.45) is 3.30. The van der Waals surface area contributed by atoms with Gasteiger partial charge in [0.05, 0.1) is 10.2 Å². The van der Waals surface area contributed by atoms with Crippen molar-refractivity contribution in [2.24, 2.45) is 5.73 Å². The molecule has 2 N–H and O–H groups in total. The van der Waals surface area contributed by atoms with Gasteiger partial charge in [-0.2, -0.15) is 0 Å². The molecule has 2 aromatic rings. The Hall–Kier alpha value is -1.17. The first-order valence-electron chi connectivity index (χ1n) is 7.82. The molecule has 1 unspecified atom stereocenters. The molecule has 4 nitrogen and oxygen atoms in total. The van der Waals surface area contributed by atoms with Gasteiger partial charge < -0.3 is 10.6 Å². The van der Waals surface area contributed by atoms with Crippen molar-refractivity contribution in [3.8, 4) is 0 Å². The molecule has 4 rings (SSSR count). The maximum Gasteiger partial charge on any atom is 0.308 e. The highest BCUT2D eigenvalue weighted by molar-refractivity contribution is 7.16. The quantitative estimate of drug-likeness (QED) is 0.923. The van der Waals surface area contributed by atoms with E-state index in [0.29, 0.717) is 12.0 Å². The molecule has 1 aromatic heterocycles. The van der Waals surface area contributed by atoms with E-state index >= 15 is 0 Å². The number of aromatic nitrogens is 1. The zero-order chi connectivity index (χ0) is 14.4. The zero-order valence-electron chi connectivity index (χ0n) is 12.1. The third-order valence-corrected chi connectivity index (χ3v) is 5.91. The molecule has 0 radical (unpaired) electrons. The lowest BCUT2D eigenvalue weighted by molar-refractivity contribution is 0.196. The first-order chi connectivity index (χ1) is 10.2. The van der Waals surface area contributed by atoms with E-state index in [2.05, 4.69) is 23.1 Å². The molecule has 5 heteroatoms. The van der Waals surface area contributed by atoms with Gasteiger partial charge in [0.1, 0.15) is 0 Å². The highest BCUT2D eigenvalue weighted by Crippen LogP contribution is 2.34. The van der Waals surface area contributed by atoms with Crippen LogP contribution in [0.4, 0.5) is 0 Å². The fourth-order valence-electron chi connectivity index (χ4n) is 3.76. The Labute approximate surface area is 128 Å². The number of nitrogens with two attached hydrogens (primary N) is 1. The van der Waals surface area contributed by atoms with Crippen molar-refractivity contribution in [1.29, 1.82) is 0 Å². The largest absolute Gasteiger partial charge is 0.328 e. The average molecular weight is 303 g/mol. The molecule has 3 heterocycles. The van der Waals surface area contributed by atoms with Crippen LogP contribution in [-0.4, -0.2) is 35.1 Å². The van der Waals surface area contributed by atoms with E-state index in [-0.39, 0.29) is 4.87 Å². The topological polar surface area (TPSA) is 51.3 Å². The number of piperidine rings is 1. The van der Waals surface area contributed by atoms with Crippen molar-refractivity contribution >= 4 is 21.6 Å². The molecule has 112 valence electrons. The Balaban J connectivity index is 1.64. The van der Waals surface area contributed by atoms with Crippen LogP contribution >= 0.6 is 11.3 Å². The van der Waals surface area contributed by atoms with Crippen molar-refractivity contribution in [2.75, 3.05) is 19.6 Å². The minimum absolute atomic E-state index is 0.194. The van der Waals surface area contributed by atoms with Crippen LogP contribution in [0.2, 0.25) is 0 Å². The number of rotatable bonds is 2. The lowest BCUT2D eigenvalue weighted by Gasteiger charge is -2.34. The normalized spacial score (nSPS) is 23.8. The first-order valence-corrected chi connectivity index (χ1v) is 8.64. The Morgan fingerprint density at radius 2 is 2.00 bits per heavy atom. The number of aryl methyl sites for hydroxylation is 1. The highest BCUT2D eigenvalue weighted by Gasteiger charge is 2.26. The molecule has 0 bridgehead atoms. The maximum atomic E-state index is 12.0. The van der Waals surface area contributed by atoms with Gasteiger partial charge in [0.25, 0.3) is 0 Å². The van der Waals surface area contributed by atoms with Gasteiger partial charge in [-0.25, -0.2) is 0 Å². The van der Waals surface area contributed by atoms with E-state index in [1.807, 2.05) is 4.57 Å². The van der Waals surface area contributed by atoms with Crippen molar-refractivity contribution in [1.82, 2.24) is 9.47 Å². The number of thiazole rings is 1. The maximum absolute atomic E-state index is 12.0. The summed E-state index contributed by atoms with van der Waals surface area (Å²) in [6, 6.07) is 6.77. The third kappa shape index (κ3) is 2.33.